The first-order valence-electron chi connectivity index (χ1n) is 5.35. The number of aliphatic hydroxyl groups excluding tert-OH is 1. The number of hydrogen-bond acceptors (Lipinski definition) is 4. The van der Waals surface area contributed by atoms with Crippen LogP contribution in [-0.4, -0.2) is 24.4 Å². The Morgan fingerprint density at radius 3 is 2.67 bits per heavy atom. The van der Waals surface area contributed by atoms with Crippen LogP contribution in [0.2, 0.25) is 0 Å². The minimum Gasteiger partial charge on any atom is -0.432 e. The maximum atomic E-state index is 13.3. The maximum Gasteiger partial charge on any atom is 0.387 e. The Bertz CT molecular complexity index is 402. The van der Waals surface area contributed by atoms with Gasteiger partial charge in [-0.05, 0) is 13.3 Å². The van der Waals surface area contributed by atoms with E-state index in [0.717, 1.165) is 12.1 Å². The number of benzene rings is 1. The molecule has 4 nitrogen and oxygen atoms in total. The van der Waals surface area contributed by atoms with Gasteiger partial charge in [-0.25, -0.2) is 4.39 Å². The molecule has 1 unspecified atom stereocenters. The van der Waals surface area contributed by atoms with Gasteiger partial charge in [0.1, 0.15) is 0 Å². The highest BCUT2D eigenvalue weighted by Crippen LogP contribution is 2.29. The van der Waals surface area contributed by atoms with Crippen LogP contribution >= 0.6 is 0 Å². The van der Waals surface area contributed by atoms with E-state index in [1.807, 2.05) is 0 Å². The Morgan fingerprint density at radius 1 is 1.44 bits per heavy atom. The molecule has 4 N–H and O–H groups in total. The van der Waals surface area contributed by atoms with Crippen molar-refractivity contribution in [3.8, 4) is 5.75 Å². The third-order valence-corrected chi connectivity index (χ3v) is 2.28. The molecule has 0 aliphatic rings. The van der Waals surface area contributed by atoms with E-state index in [4.69, 9.17) is 10.8 Å². The van der Waals surface area contributed by atoms with Crippen LogP contribution in [0.25, 0.3) is 0 Å². The van der Waals surface area contributed by atoms with Crippen molar-refractivity contribution in [2.24, 2.45) is 0 Å². The molecule has 0 aliphatic carbocycles. The second-order valence-electron chi connectivity index (χ2n) is 3.81. The highest BCUT2D eigenvalue weighted by Gasteiger charge is 2.14. The molecule has 0 amide bonds. The van der Waals surface area contributed by atoms with Crippen molar-refractivity contribution in [1.82, 2.24) is 0 Å². The van der Waals surface area contributed by atoms with E-state index in [-0.39, 0.29) is 24.0 Å². The molecule has 0 radical (unpaired) electrons. The molecular weight excluding hydrogens is 249 g/mol. The molecule has 0 aliphatic heterocycles. The summed E-state index contributed by atoms with van der Waals surface area (Å²) in [5, 5.41) is 11.6. The number of ether oxygens (including phenoxy) is 1. The Balaban J connectivity index is 2.90. The fourth-order valence-electron chi connectivity index (χ4n) is 1.41. The fourth-order valence-corrected chi connectivity index (χ4v) is 1.41. The molecule has 0 heterocycles. The Kier molecular flexibility index (Phi) is 5.08. The molecule has 0 bridgehead atoms. The maximum absolute atomic E-state index is 13.3. The summed E-state index contributed by atoms with van der Waals surface area (Å²) in [4.78, 5) is 0. The summed E-state index contributed by atoms with van der Waals surface area (Å²) < 4.78 is 41.4. The Morgan fingerprint density at radius 2 is 2.11 bits per heavy atom. The molecule has 1 rings (SSSR count). The van der Waals surface area contributed by atoms with Crippen LogP contribution in [-0.2, 0) is 0 Å². The van der Waals surface area contributed by atoms with Crippen LogP contribution < -0.4 is 15.8 Å². The van der Waals surface area contributed by atoms with Crippen molar-refractivity contribution in [3.05, 3.63) is 17.9 Å². The monoisotopic (exact) mass is 264 g/mol. The van der Waals surface area contributed by atoms with Crippen molar-refractivity contribution in [3.63, 3.8) is 0 Å². The summed E-state index contributed by atoms with van der Waals surface area (Å²) >= 11 is 0. The van der Waals surface area contributed by atoms with Crippen molar-refractivity contribution >= 4 is 11.4 Å². The number of nitrogen functional groups attached to an aromatic ring is 1. The second kappa shape index (κ2) is 6.34. The van der Waals surface area contributed by atoms with Crippen molar-refractivity contribution in [2.45, 2.75) is 26.0 Å². The van der Waals surface area contributed by atoms with Crippen LogP contribution in [0, 0.1) is 5.82 Å². The molecule has 0 saturated carbocycles. The van der Waals surface area contributed by atoms with E-state index in [9.17, 15) is 13.2 Å². The van der Waals surface area contributed by atoms with Gasteiger partial charge in [0.2, 0.25) is 0 Å². The van der Waals surface area contributed by atoms with Crippen molar-refractivity contribution in [1.29, 1.82) is 0 Å². The van der Waals surface area contributed by atoms with Gasteiger partial charge in [-0.2, -0.15) is 8.78 Å². The molecule has 102 valence electrons. The van der Waals surface area contributed by atoms with Crippen LogP contribution in [0.5, 0.6) is 5.75 Å². The third-order valence-electron chi connectivity index (χ3n) is 2.28. The van der Waals surface area contributed by atoms with Gasteiger partial charge in [0.15, 0.2) is 11.6 Å². The smallest absolute Gasteiger partial charge is 0.387 e. The van der Waals surface area contributed by atoms with Gasteiger partial charge < -0.3 is 20.9 Å². The number of rotatable bonds is 6. The largest absolute Gasteiger partial charge is 0.432 e. The molecule has 1 aromatic rings. The second-order valence-corrected chi connectivity index (χ2v) is 3.81. The molecule has 0 spiro atoms. The van der Waals surface area contributed by atoms with Crippen molar-refractivity contribution in [2.75, 3.05) is 17.7 Å². The summed E-state index contributed by atoms with van der Waals surface area (Å²) in [6.07, 6.45) is 0.446. The van der Waals surface area contributed by atoms with Gasteiger partial charge in [-0.15, -0.1) is 0 Å². The molecule has 1 atom stereocenters. The van der Waals surface area contributed by atoms with Gasteiger partial charge in [-0.1, -0.05) is 0 Å². The summed E-state index contributed by atoms with van der Waals surface area (Å²) in [7, 11) is 0. The first-order chi connectivity index (χ1) is 8.43. The quantitative estimate of drug-likeness (QED) is 0.689. The number of alkyl halides is 2. The van der Waals surface area contributed by atoms with Crippen LogP contribution in [0.4, 0.5) is 24.5 Å². The van der Waals surface area contributed by atoms with Gasteiger partial charge >= 0.3 is 6.61 Å². The molecule has 0 fully saturated rings. The number of hydrogen-bond donors (Lipinski definition) is 3. The molecule has 7 heteroatoms. The zero-order valence-electron chi connectivity index (χ0n) is 9.79. The number of halogens is 3. The summed E-state index contributed by atoms with van der Waals surface area (Å²) in [6, 6.07) is 1.85. The first kappa shape index (κ1) is 14.4. The predicted octanol–water partition coefficient (Wildman–Crippen LogP) is 2.19. The third kappa shape index (κ3) is 3.99. The van der Waals surface area contributed by atoms with E-state index in [1.165, 1.54) is 0 Å². The number of aliphatic hydroxyl groups is 1. The van der Waals surface area contributed by atoms with Crippen molar-refractivity contribution < 1.29 is 23.0 Å². The number of nitrogens with one attached hydrogen (secondary N) is 1. The molecule has 1 aromatic carbocycles. The van der Waals surface area contributed by atoms with E-state index in [2.05, 4.69) is 10.1 Å². The van der Waals surface area contributed by atoms with Crippen LogP contribution in [0.3, 0.4) is 0 Å². The average Bonchev–Trinajstić information content (AvgIpc) is 2.24. The highest BCUT2D eigenvalue weighted by atomic mass is 19.3. The SMILES string of the molecule is CC(CCO)Nc1cc(OC(F)F)c(F)cc1N. The lowest BCUT2D eigenvalue weighted by molar-refractivity contribution is -0.0521. The van der Waals surface area contributed by atoms with E-state index in [0.29, 0.717) is 6.42 Å². The van der Waals surface area contributed by atoms with E-state index >= 15 is 0 Å². The Hall–Kier alpha value is -1.63. The topological polar surface area (TPSA) is 67.5 Å². The van der Waals surface area contributed by atoms with Gasteiger partial charge in [0.25, 0.3) is 0 Å². The standard InChI is InChI=1S/C11H15F3N2O2/c1-6(2-3-17)16-9-5-10(18-11(13)14)7(12)4-8(9)15/h4-6,11,16-17H,2-3,15H2,1H3. The van der Waals surface area contributed by atoms with Gasteiger partial charge in [0.05, 0.1) is 11.4 Å². The lowest BCUT2D eigenvalue weighted by Crippen LogP contribution is -2.18. The summed E-state index contributed by atoms with van der Waals surface area (Å²) in [5.74, 6) is -1.52. The first-order valence-corrected chi connectivity index (χ1v) is 5.35. The minimum absolute atomic E-state index is 0.0321. The zero-order chi connectivity index (χ0) is 13.7. The zero-order valence-corrected chi connectivity index (χ0v) is 9.79. The normalized spacial score (nSPS) is 12.6. The van der Waals surface area contributed by atoms with Gasteiger partial charge in [0, 0.05) is 24.8 Å². The van der Waals surface area contributed by atoms with Gasteiger partial charge in [-0.3, -0.25) is 0 Å². The Labute approximate surface area is 103 Å². The fraction of sp³-hybridized carbons (Fsp3) is 0.455. The lowest BCUT2D eigenvalue weighted by atomic mass is 10.2. The molecule has 18 heavy (non-hydrogen) atoms. The summed E-state index contributed by atoms with van der Waals surface area (Å²) in [5.41, 5.74) is 5.92. The minimum atomic E-state index is -3.11. The number of nitrogens with two attached hydrogens (primary N) is 1. The van der Waals surface area contributed by atoms with E-state index in [1.54, 1.807) is 6.92 Å². The van der Waals surface area contributed by atoms with Crippen LogP contribution in [0.15, 0.2) is 12.1 Å². The molecule has 0 aromatic heterocycles. The number of anilines is 2. The molecular formula is C11H15F3N2O2. The average molecular weight is 264 g/mol. The summed E-state index contributed by atoms with van der Waals surface area (Å²) in [6.45, 7) is -1.37. The van der Waals surface area contributed by atoms with Crippen LogP contribution in [0.1, 0.15) is 13.3 Å². The molecule has 0 saturated heterocycles. The predicted molar refractivity (Wildman–Crippen MR) is 62.2 cm³/mol. The lowest BCUT2D eigenvalue weighted by Gasteiger charge is -2.17. The van der Waals surface area contributed by atoms with E-state index < -0.39 is 18.2 Å². The highest BCUT2D eigenvalue weighted by molar-refractivity contribution is 5.68.